The second-order valence-corrected chi connectivity index (χ2v) is 2.65. The molecule has 0 spiro atoms. The molecular weight excluding hydrogens is 169 g/mol. The van der Waals surface area contributed by atoms with Crippen molar-refractivity contribution in [1.29, 1.82) is 0 Å². The van der Waals surface area contributed by atoms with Crippen LogP contribution in [0.3, 0.4) is 0 Å². The summed E-state index contributed by atoms with van der Waals surface area (Å²) in [4.78, 5) is 10.5. The Morgan fingerprint density at radius 1 is 1.25 bits per heavy atom. The van der Waals surface area contributed by atoms with Gasteiger partial charge in [0.05, 0.1) is 0 Å². The normalized spacial score (nSPS) is 8.25. The number of carbonyl (C=O) groups excluding carboxylic acids is 1. The van der Waals surface area contributed by atoms with Crippen LogP contribution in [0.2, 0.25) is 0 Å². The molecule has 1 aromatic rings. The van der Waals surface area contributed by atoms with Gasteiger partial charge in [0.25, 0.3) is 0 Å². The first-order chi connectivity index (χ1) is 5.70. The standard InChI is InChI=1S/C7H8NOP.C2H6/c8-7(9)5-1-3-6(10)4-2-5;1-2/h1-4H,10H2,(H2,8,9);1-2H3. The molecule has 1 aromatic carbocycles. The predicted octanol–water partition coefficient (Wildman–Crippen LogP) is 1.31. The summed E-state index contributed by atoms with van der Waals surface area (Å²) in [6, 6.07) is 7.05. The molecule has 66 valence electrons. The smallest absolute Gasteiger partial charge is 0.248 e. The second kappa shape index (κ2) is 5.73. The van der Waals surface area contributed by atoms with Gasteiger partial charge in [-0.05, 0) is 17.4 Å². The van der Waals surface area contributed by atoms with Crippen LogP contribution in [0.1, 0.15) is 24.2 Å². The van der Waals surface area contributed by atoms with Crippen molar-refractivity contribution in [3.05, 3.63) is 29.8 Å². The fourth-order valence-corrected chi connectivity index (χ4v) is 0.840. The first kappa shape index (κ1) is 11.1. The molecule has 2 nitrogen and oxygen atoms in total. The average Bonchev–Trinajstić information content (AvgIpc) is 2.09. The van der Waals surface area contributed by atoms with Gasteiger partial charge in [0, 0.05) is 5.56 Å². The molecule has 0 aliphatic heterocycles. The van der Waals surface area contributed by atoms with Crippen molar-refractivity contribution in [2.24, 2.45) is 5.73 Å². The van der Waals surface area contributed by atoms with Crippen molar-refractivity contribution in [3.63, 3.8) is 0 Å². The van der Waals surface area contributed by atoms with Gasteiger partial charge in [-0.1, -0.05) is 26.0 Å². The summed E-state index contributed by atoms with van der Waals surface area (Å²) in [5.74, 6) is -0.384. The van der Waals surface area contributed by atoms with E-state index in [1.165, 1.54) is 0 Å². The number of nitrogens with two attached hydrogens (primary N) is 1. The van der Waals surface area contributed by atoms with Gasteiger partial charge in [0.2, 0.25) is 5.91 Å². The molecule has 1 atom stereocenters. The Morgan fingerprint density at radius 2 is 1.67 bits per heavy atom. The number of benzene rings is 1. The topological polar surface area (TPSA) is 43.1 Å². The quantitative estimate of drug-likeness (QED) is 0.655. The van der Waals surface area contributed by atoms with Crippen LogP contribution in [0.25, 0.3) is 0 Å². The van der Waals surface area contributed by atoms with Gasteiger partial charge in [0.1, 0.15) is 0 Å². The third-order valence-electron chi connectivity index (χ3n) is 1.20. The molecule has 0 fully saturated rings. The SMILES string of the molecule is CC.NC(=O)c1ccc(P)cc1. The van der Waals surface area contributed by atoms with Crippen LogP contribution in [0.4, 0.5) is 0 Å². The van der Waals surface area contributed by atoms with Gasteiger partial charge in [0.15, 0.2) is 0 Å². The maximum atomic E-state index is 10.5. The van der Waals surface area contributed by atoms with Gasteiger partial charge in [-0.15, -0.1) is 9.24 Å². The summed E-state index contributed by atoms with van der Waals surface area (Å²) in [7, 11) is 2.53. The zero-order chi connectivity index (χ0) is 9.56. The van der Waals surface area contributed by atoms with Crippen molar-refractivity contribution in [2.75, 3.05) is 0 Å². The summed E-state index contributed by atoms with van der Waals surface area (Å²) in [6.07, 6.45) is 0. The van der Waals surface area contributed by atoms with Gasteiger partial charge in [-0.25, -0.2) is 0 Å². The van der Waals surface area contributed by atoms with E-state index in [0.29, 0.717) is 5.56 Å². The molecule has 1 unspecified atom stereocenters. The minimum Gasteiger partial charge on any atom is -0.366 e. The number of hydrogen-bond donors (Lipinski definition) is 1. The van der Waals surface area contributed by atoms with Crippen molar-refractivity contribution < 1.29 is 4.79 Å². The van der Waals surface area contributed by atoms with Crippen molar-refractivity contribution in [3.8, 4) is 0 Å². The molecule has 0 saturated heterocycles. The lowest BCUT2D eigenvalue weighted by Gasteiger charge is -1.93. The maximum absolute atomic E-state index is 10.5. The Labute approximate surface area is 75.4 Å². The van der Waals surface area contributed by atoms with Crippen molar-refractivity contribution in [1.82, 2.24) is 0 Å². The van der Waals surface area contributed by atoms with E-state index in [4.69, 9.17) is 5.73 Å². The minimum absolute atomic E-state index is 0.384. The zero-order valence-corrected chi connectivity index (χ0v) is 8.53. The number of amides is 1. The van der Waals surface area contributed by atoms with Crippen molar-refractivity contribution in [2.45, 2.75) is 13.8 Å². The molecule has 0 radical (unpaired) electrons. The van der Waals surface area contributed by atoms with E-state index < -0.39 is 0 Å². The summed E-state index contributed by atoms with van der Waals surface area (Å²) in [6.45, 7) is 4.00. The highest BCUT2D eigenvalue weighted by molar-refractivity contribution is 7.27. The molecule has 1 amide bonds. The van der Waals surface area contributed by atoms with E-state index in [2.05, 4.69) is 9.24 Å². The van der Waals surface area contributed by atoms with Gasteiger partial charge < -0.3 is 5.73 Å². The van der Waals surface area contributed by atoms with Crippen LogP contribution in [0.5, 0.6) is 0 Å². The molecule has 0 aliphatic carbocycles. The van der Waals surface area contributed by atoms with Crippen LogP contribution >= 0.6 is 9.24 Å². The van der Waals surface area contributed by atoms with E-state index in [-0.39, 0.29) is 5.91 Å². The molecule has 2 N–H and O–H groups in total. The molecule has 12 heavy (non-hydrogen) atoms. The lowest BCUT2D eigenvalue weighted by atomic mass is 10.2. The van der Waals surface area contributed by atoms with Gasteiger partial charge in [-0.2, -0.15) is 0 Å². The lowest BCUT2D eigenvalue weighted by molar-refractivity contribution is 0.100. The first-order valence-electron chi connectivity index (χ1n) is 3.85. The van der Waals surface area contributed by atoms with Gasteiger partial charge >= 0.3 is 0 Å². The molecule has 0 aromatic heterocycles. The fourth-order valence-electron chi connectivity index (χ4n) is 0.647. The Kier molecular flexibility index (Phi) is 5.31. The Bertz CT molecular complexity index is 243. The molecule has 0 aliphatic rings. The Hall–Kier alpha value is -0.880. The van der Waals surface area contributed by atoms with E-state index in [0.717, 1.165) is 5.30 Å². The van der Waals surface area contributed by atoms with Crippen LogP contribution in [-0.2, 0) is 0 Å². The molecule has 0 saturated carbocycles. The number of primary amides is 1. The molecule has 1 rings (SSSR count). The van der Waals surface area contributed by atoms with Crippen LogP contribution < -0.4 is 11.0 Å². The molecule has 0 heterocycles. The maximum Gasteiger partial charge on any atom is 0.248 e. The lowest BCUT2D eigenvalue weighted by Crippen LogP contribution is -2.11. The van der Waals surface area contributed by atoms with Crippen LogP contribution in [-0.4, -0.2) is 5.91 Å². The number of hydrogen-bond acceptors (Lipinski definition) is 1. The van der Waals surface area contributed by atoms with E-state index in [1.807, 2.05) is 26.0 Å². The minimum atomic E-state index is -0.384. The number of rotatable bonds is 1. The monoisotopic (exact) mass is 183 g/mol. The summed E-state index contributed by atoms with van der Waals surface area (Å²) >= 11 is 0. The predicted molar refractivity (Wildman–Crippen MR) is 55.7 cm³/mol. The van der Waals surface area contributed by atoms with Crippen molar-refractivity contribution >= 4 is 20.5 Å². The molecule has 3 heteroatoms. The van der Waals surface area contributed by atoms with E-state index >= 15 is 0 Å². The average molecular weight is 183 g/mol. The number of carbonyl (C=O) groups is 1. The summed E-state index contributed by atoms with van der Waals surface area (Å²) < 4.78 is 0. The van der Waals surface area contributed by atoms with Crippen LogP contribution in [0.15, 0.2) is 24.3 Å². The Balaban J connectivity index is 0.000000561. The second-order valence-electron chi connectivity index (χ2n) is 1.99. The molecular formula is C9H14NOP. The first-order valence-corrected chi connectivity index (χ1v) is 4.43. The highest BCUT2D eigenvalue weighted by Gasteiger charge is 1.95. The van der Waals surface area contributed by atoms with Gasteiger partial charge in [-0.3, -0.25) is 4.79 Å². The zero-order valence-electron chi connectivity index (χ0n) is 7.37. The highest BCUT2D eigenvalue weighted by atomic mass is 31.0. The summed E-state index contributed by atoms with van der Waals surface area (Å²) in [5.41, 5.74) is 5.57. The van der Waals surface area contributed by atoms with E-state index in [1.54, 1.807) is 12.1 Å². The largest absolute Gasteiger partial charge is 0.366 e. The van der Waals surface area contributed by atoms with Crippen LogP contribution in [0, 0.1) is 0 Å². The van der Waals surface area contributed by atoms with E-state index in [9.17, 15) is 4.79 Å². The third kappa shape index (κ3) is 3.49. The Morgan fingerprint density at radius 3 is 2.00 bits per heavy atom. The summed E-state index contributed by atoms with van der Waals surface area (Å²) in [5, 5.41) is 1.05. The fraction of sp³-hybridized carbons (Fsp3) is 0.222. The highest BCUT2D eigenvalue weighted by Crippen LogP contribution is 1.96. The molecule has 0 bridgehead atoms. The third-order valence-corrected chi connectivity index (χ3v) is 1.58.